The molecule has 2 fully saturated rings. The van der Waals surface area contributed by atoms with Crippen molar-refractivity contribution in [1.82, 2.24) is 10.6 Å². The zero-order valence-corrected chi connectivity index (χ0v) is 15.3. The molecular weight excluding hydrogens is 316 g/mol. The molecule has 2 N–H and O–H groups in total. The largest absolute Gasteiger partial charge is 0.381 e. The van der Waals surface area contributed by atoms with Gasteiger partial charge in [0.05, 0.1) is 18.6 Å². The van der Waals surface area contributed by atoms with Gasteiger partial charge in [-0.2, -0.15) is 0 Å². The molecule has 0 radical (unpaired) electrons. The fraction of sp³-hybridized carbons (Fsp3) is 0.650. The minimum Gasteiger partial charge on any atom is -0.381 e. The molecule has 0 aliphatic carbocycles. The molecule has 2 aliphatic rings. The van der Waals surface area contributed by atoms with Gasteiger partial charge in [-0.1, -0.05) is 24.3 Å². The van der Waals surface area contributed by atoms with Crippen LogP contribution in [0.25, 0.3) is 0 Å². The highest BCUT2D eigenvalue weighted by Crippen LogP contribution is 2.23. The van der Waals surface area contributed by atoms with Crippen molar-refractivity contribution in [3.8, 4) is 0 Å². The van der Waals surface area contributed by atoms with E-state index in [9.17, 15) is 4.79 Å². The summed E-state index contributed by atoms with van der Waals surface area (Å²) in [4.78, 5) is 12.3. The van der Waals surface area contributed by atoms with Crippen molar-refractivity contribution in [3.63, 3.8) is 0 Å². The molecule has 1 aromatic carbocycles. The molecular formula is C20H30N2O3. The molecule has 2 heterocycles. The first-order valence-electron chi connectivity index (χ1n) is 9.32. The average molecular weight is 346 g/mol. The van der Waals surface area contributed by atoms with E-state index in [1.165, 1.54) is 0 Å². The van der Waals surface area contributed by atoms with E-state index in [1.807, 2.05) is 6.07 Å². The van der Waals surface area contributed by atoms with E-state index in [4.69, 9.17) is 9.47 Å². The Kier molecular flexibility index (Phi) is 6.10. The standard InChI is InChI=1S/C20H30N2O3/c1-20(2)11-17(13-22-20)19(23)21-12-15-4-3-5-16(10-15)14-25-18-6-8-24-9-7-18/h3-5,10,17-18,22H,6-9,11-14H2,1-2H3,(H,21,23). The van der Waals surface area contributed by atoms with Gasteiger partial charge in [0.1, 0.15) is 0 Å². The Morgan fingerprint density at radius 3 is 2.80 bits per heavy atom. The molecule has 1 aromatic rings. The number of carbonyl (C=O) groups excluding carboxylic acids is 1. The van der Waals surface area contributed by atoms with Gasteiger partial charge < -0.3 is 20.1 Å². The Bertz CT molecular complexity index is 582. The van der Waals surface area contributed by atoms with Crippen molar-refractivity contribution in [2.24, 2.45) is 5.92 Å². The summed E-state index contributed by atoms with van der Waals surface area (Å²) in [5.74, 6) is 0.206. The van der Waals surface area contributed by atoms with Gasteiger partial charge in [-0.3, -0.25) is 4.79 Å². The zero-order valence-electron chi connectivity index (χ0n) is 15.3. The molecule has 138 valence electrons. The van der Waals surface area contributed by atoms with Gasteiger partial charge in [0.2, 0.25) is 5.91 Å². The van der Waals surface area contributed by atoms with Gasteiger partial charge in [-0.15, -0.1) is 0 Å². The quantitative estimate of drug-likeness (QED) is 0.830. The number of benzene rings is 1. The van der Waals surface area contributed by atoms with E-state index in [0.717, 1.165) is 50.1 Å². The fourth-order valence-corrected chi connectivity index (χ4v) is 3.56. The second-order valence-electron chi connectivity index (χ2n) is 7.83. The maximum Gasteiger partial charge on any atom is 0.224 e. The summed E-state index contributed by atoms with van der Waals surface area (Å²) < 4.78 is 11.3. The molecule has 0 spiro atoms. The molecule has 5 heteroatoms. The second kappa shape index (κ2) is 8.30. The SMILES string of the molecule is CC1(C)CC(C(=O)NCc2cccc(COC3CCOCC3)c2)CN1. The Morgan fingerprint density at radius 2 is 2.08 bits per heavy atom. The second-order valence-corrected chi connectivity index (χ2v) is 7.83. The molecule has 2 aliphatic heterocycles. The number of carbonyl (C=O) groups is 1. The lowest BCUT2D eigenvalue weighted by Gasteiger charge is -2.22. The molecule has 3 rings (SSSR count). The summed E-state index contributed by atoms with van der Waals surface area (Å²) in [6, 6.07) is 8.28. The van der Waals surface area contributed by atoms with Crippen LogP contribution in [-0.4, -0.2) is 37.3 Å². The first-order chi connectivity index (χ1) is 12.0. The first-order valence-corrected chi connectivity index (χ1v) is 9.32. The van der Waals surface area contributed by atoms with Crippen molar-refractivity contribution in [2.75, 3.05) is 19.8 Å². The van der Waals surface area contributed by atoms with Gasteiger partial charge >= 0.3 is 0 Å². The zero-order chi connectivity index (χ0) is 17.7. The average Bonchev–Trinajstić information content (AvgIpc) is 2.99. The Balaban J connectivity index is 1.45. The van der Waals surface area contributed by atoms with Crippen molar-refractivity contribution in [2.45, 2.75) is 57.9 Å². The van der Waals surface area contributed by atoms with Gasteiger partial charge in [0.15, 0.2) is 0 Å². The summed E-state index contributed by atoms with van der Waals surface area (Å²) in [7, 11) is 0. The smallest absolute Gasteiger partial charge is 0.224 e. The number of amides is 1. The van der Waals surface area contributed by atoms with Crippen molar-refractivity contribution < 1.29 is 14.3 Å². The molecule has 0 bridgehead atoms. The highest BCUT2D eigenvalue weighted by Gasteiger charge is 2.34. The van der Waals surface area contributed by atoms with E-state index in [-0.39, 0.29) is 17.4 Å². The first kappa shape index (κ1) is 18.4. The molecule has 1 unspecified atom stereocenters. The molecule has 0 aromatic heterocycles. The highest BCUT2D eigenvalue weighted by atomic mass is 16.5. The fourth-order valence-electron chi connectivity index (χ4n) is 3.56. The minimum atomic E-state index is 0.0589. The van der Waals surface area contributed by atoms with Crippen LogP contribution >= 0.6 is 0 Å². The van der Waals surface area contributed by atoms with Gasteiger partial charge in [-0.05, 0) is 44.2 Å². The van der Waals surface area contributed by atoms with Gasteiger partial charge in [0, 0.05) is 31.8 Å². The Hall–Kier alpha value is -1.43. The van der Waals surface area contributed by atoms with E-state index in [1.54, 1.807) is 0 Å². The minimum absolute atomic E-state index is 0.0589. The lowest BCUT2D eigenvalue weighted by Crippen LogP contribution is -2.31. The summed E-state index contributed by atoms with van der Waals surface area (Å²) in [5, 5.41) is 6.47. The molecule has 2 saturated heterocycles. The molecule has 1 amide bonds. The van der Waals surface area contributed by atoms with Crippen LogP contribution in [0.15, 0.2) is 24.3 Å². The number of nitrogens with one attached hydrogen (secondary N) is 2. The third kappa shape index (κ3) is 5.53. The molecule has 5 nitrogen and oxygen atoms in total. The van der Waals surface area contributed by atoms with Crippen LogP contribution in [0, 0.1) is 5.92 Å². The summed E-state index contributed by atoms with van der Waals surface area (Å²) in [5.41, 5.74) is 2.33. The van der Waals surface area contributed by atoms with Crippen molar-refractivity contribution in [1.29, 1.82) is 0 Å². The van der Waals surface area contributed by atoms with Crippen LogP contribution in [0.1, 0.15) is 44.2 Å². The van der Waals surface area contributed by atoms with E-state index in [0.29, 0.717) is 19.3 Å². The lowest BCUT2D eigenvalue weighted by molar-refractivity contribution is -0.124. The number of hydrogen-bond acceptors (Lipinski definition) is 4. The van der Waals surface area contributed by atoms with Crippen molar-refractivity contribution in [3.05, 3.63) is 35.4 Å². The number of ether oxygens (including phenoxy) is 2. The maximum absolute atomic E-state index is 12.3. The summed E-state index contributed by atoms with van der Waals surface area (Å²) in [6.45, 7) is 7.82. The number of rotatable bonds is 6. The van der Waals surface area contributed by atoms with E-state index >= 15 is 0 Å². The Labute approximate surface area is 150 Å². The molecule has 0 saturated carbocycles. The predicted octanol–water partition coefficient (Wildman–Crippen LogP) is 2.39. The number of hydrogen-bond donors (Lipinski definition) is 2. The molecule has 1 atom stereocenters. The van der Waals surface area contributed by atoms with Crippen molar-refractivity contribution >= 4 is 5.91 Å². The normalized spacial score (nSPS) is 23.5. The van der Waals surface area contributed by atoms with Crippen LogP contribution in [-0.2, 0) is 27.4 Å². The highest BCUT2D eigenvalue weighted by molar-refractivity contribution is 5.79. The third-order valence-corrected chi connectivity index (χ3v) is 5.07. The van der Waals surface area contributed by atoms with Gasteiger partial charge in [0.25, 0.3) is 0 Å². The maximum atomic E-state index is 12.3. The van der Waals surface area contributed by atoms with Crippen LogP contribution in [0.2, 0.25) is 0 Å². The lowest BCUT2D eigenvalue weighted by atomic mass is 9.96. The topological polar surface area (TPSA) is 59.6 Å². The van der Waals surface area contributed by atoms with Crippen LogP contribution in [0.5, 0.6) is 0 Å². The Morgan fingerprint density at radius 1 is 1.32 bits per heavy atom. The van der Waals surface area contributed by atoms with Crippen LogP contribution in [0.4, 0.5) is 0 Å². The predicted molar refractivity (Wildman–Crippen MR) is 97.1 cm³/mol. The van der Waals surface area contributed by atoms with Gasteiger partial charge in [-0.25, -0.2) is 0 Å². The molecule has 25 heavy (non-hydrogen) atoms. The van der Waals surface area contributed by atoms with E-state index in [2.05, 4.69) is 42.7 Å². The third-order valence-electron chi connectivity index (χ3n) is 5.07. The van der Waals surface area contributed by atoms with Crippen LogP contribution in [0.3, 0.4) is 0 Å². The summed E-state index contributed by atoms with van der Waals surface area (Å²) >= 11 is 0. The van der Waals surface area contributed by atoms with Crippen LogP contribution < -0.4 is 10.6 Å². The summed E-state index contributed by atoms with van der Waals surface area (Å²) in [6.07, 6.45) is 3.14. The van der Waals surface area contributed by atoms with E-state index < -0.39 is 0 Å². The monoisotopic (exact) mass is 346 g/mol.